The maximum absolute atomic E-state index is 13.1. The summed E-state index contributed by atoms with van der Waals surface area (Å²) in [6, 6.07) is 18.1. The number of anilines is 1. The average molecular weight is 444 g/mol. The Balaban J connectivity index is 1.91. The predicted octanol–water partition coefficient (Wildman–Crippen LogP) is 4.54. The number of ketones is 1. The van der Waals surface area contributed by atoms with Crippen molar-refractivity contribution in [2.45, 2.75) is 13.0 Å². The molecule has 0 spiro atoms. The molecule has 0 aromatic heterocycles. The smallest absolute Gasteiger partial charge is 0.300 e. The van der Waals surface area contributed by atoms with Gasteiger partial charge in [-0.15, -0.1) is 0 Å². The Morgan fingerprint density at radius 1 is 0.970 bits per heavy atom. The number of nitro benzene ring substituents is 1. The highest BCUT2D eigenvalue weighted by atomic mass is 16.6. The van der Waals surface area contributed by atoms with Gasteiger partial charge in [0, 0.05) is 23.4 Å². The van der Waals surface area contributed by atoms with Crippen molar-refractivity contribution in [1.82, 2.24) is 0 Å². The fourth-order valence-electron chi connectivity index (χ4n) is 3.80. The Morgan fingerprint density at radius 3 is 2.12 bits per heavy atom. The van der Waals surface area contributed by atoms with Gasteiger partial charge < -0.3 is 9.84 Å². The van der Waals surface area contributed by atoms with E-state index < -0.39 is 22.7 Å². The third kappa shape index (κ3) is 3.94. The number of nitrogens with zero attached hydrogens (tertiary/aromatic N) is 2. The lowest BCUT2D eigenvalue weighted by Crippen LogP contribution is -2.29. The zero-order valence-corrected chi connectivity index (χ0v) is 17.9. The number of amides is 1. The molecule has 1 saturated heterocycles. The fourth-order valence-corrected chi connectivity index (χ4v) is 3.80. The molecule has 1 amide bonds. The zero-order chi connectivity index (χ0) is 23.7. The van der Waals surface area contributed by atoms with Crippen LogP contribution in [0.5, 0.6) is 5.75 Å². The molecule has 3 aromatic rings. The number of non-ortho nitro benzene ring substituents is 1. The maximum Gasteiger partial charge on any atom is 0.300 e. The first-order valence-corrected chi connectivity index (χ1v) is 10.1. The molecule has 0 aliphatic carbocycles. The van der Waals surface area contributed by atoms with Crippen LogP contribution in [0.2, 0.25) is 0 Å². The van der Waals surface area contributed by atoms with Crippen LogP contribution in [-0.4, -0.2) is 28.8 Å². The minimum absolute atomic E-state index is 0.0976. The summed E-state index contributed by atoms with van der Waals surface area (Å²) >= 11 is 0. The molecule has 0 radical (unpaired) electrons. The monoisotopic (exact) mass is 444 g/mol. The first kappa shape index (κ1) is 21.8. The molecule has 8 nitrogen and oxygen atoms in total. The summed E-state index contributed by atoms with van der Waals surface area (Å²) in [6.07, 6.45) is 0. The molecule has 1 N–H and O–H groups in total. The second kappa shape index (κ2) is 8.58. The topological polar surface area (TPSA) is 110 Å². The molecule has 4 rings (SSSR count). The van der Waals surface area contributed by atoms with Crippen molar-refractivity contribution in [3.8, 4) is 5.75 Å². The second-order valence-electron chi connectivity index (χ2n) is 7.58. The number of aliphatic hydroxyl groups is 1. The Labute approximate surface area is 189 Å². The van der Waals surface area contributed by atoms with E-state index in [1.54, 1.807) is 36.4 Å². The molecule has 0 unspecified atom stereocenters. The quantitative estimate of drug-likeness (QED) is 0.203. The van der Waals surface area contributed by atoms with E-state index in [4.69, 9.17) is 4.74 Å². The van der Waals surface area contributed by atoms with Gasteiger partial charge in [-0.25, -0.2) is 0 Å². The van der Waals surface area contributed by atoms with Crippen molar-refractivity contribution in [2.75, 3.05) is 12.0 Å². The molecule has 8 heteroatoms. The van der Waals surface area contributed by atoms with Crippen molar-refractivity contribution in [1.29, 1.82) is 0 Å². The molecule has 1 atom stereocenters. The van der Waals surface area contributed by atoms with Gasteiger partial charge in [-0.2, -0.15) is 0 Å². The number of hydrogen-bond donors (Lipinski definition) is 1. The minimum atomic E-state index is -0.962. The van der Waals surface area contributed by atoms with Crippen molar-refractivity contribution in [3.63, 3.8) is 0 Å². The average Bonchev–Trinajstić information content (AvgIpc) is 3.09. The van der Waals surface area contributed by atoms with Gasteiger partial charge in [-0.3, -0.25) is 24.6 Å². The lowest BCUT2D eigenvalue weighted by Gasteiger charge is -2.25. The van der Waals surface area contributed by atoms with Crippen molar-refractivity contribution in [2.24, 2.45) is 0 Å². The van der Waals surface area contributed by atoms with E-state index in [1.807, 2.05) is 19.1 Å². The van der Waals surface area contributed by atoms with E-state index in [0.29, 0.717) is 22.6 Å². The van der Waals surface area contributed by atoms with Gasteiger partial charge >= 0.3 is 0 Å². The molecule has 33 heavy (non-hydrogen) atoms. The molecule has 0 saturated carbocycles. The Kier molecular flexibility index (Phi) is 5.66. The third-order valence-corrected chi connectivity index (χ3v) is 5.54. The van der Waals surface area contributed by atoms with Crippen LogP contribution in [-0.2, 0) is 9.59 Å². The standard InChI is InChI=1S/C25H20N2O6/c1-15-3-9-18(10-4-15)26-22(16-5-11-19(12-6-16)27(31)32)21(24(29)25(26)30)23(28)17-7-13-20(33-2)14-8-17/h3-14,22,28H,1-2H3/b23-21+/t22-/m0/s1. The number of aryl methyl sites for hydroxylation is 1. The van der Waals surface area contributed by atoms with Crippen LogP contribution in [0.1, 0.15) is 22.7 Å². The van der Waals surface area contributed by atoms with E-state index in [1.165, 1.54) is 36.3 Å². The highest BCUT2D eigenvalue weighted by molar-refractivity contribution is 6.51. The molecule has 1 aliphatic rings. The number of ether oxygens (including phenoxy) is 1. The first-order chi connectivity index (χ1) is 15.8. The lowest BCUT2D eigenvalue weighted by molar-refractivity contribution is -0.384. The van der Waals surface area contributed by atoms with Gasteiger partial charge in [0.05, 0.1) is 23.6 Å². The zero-order valence-electron chi connectivity index (χ0n) is 17.9. The summed E-state index contributed by atoms with van der Waals surface area (Å²) in [5, 5.41) is 22.2. The molecule has 1 heterocycles. The molecular formula is C25H20N2O6. The van der Waals surface area contributed by atoms with Crippen molar-refractivity contribution in [3.05, 3.63) is 105 Å². The van der Waals surface area contributed by atoms with Gasteiger partial charge in [0.25, 0.3) is 17.4 Å². The number of hydrogen-bond acceptors (Lipinski definition) is 6. The van der Waals surface area contributed by atoms with Crippen LogP contribution in [0.3, 0.4) is 0 Å². The number of methoxy groups -OCH3 is 1. The summed E-state index contributed by atoms with van der Waals surface area (Å²) < 4.78 is 5.14. The molecule has 3 aromatic carbocycles. The van der Waals surface area contributed by atoms with Crippen LogP contribution >= 0.6 is 0 Å². The van der Waals surface area contributed by atoms with E-state index >= 15 is 0 Å². The number of Topliss-reactive ketones (excluding diaryl/α,β-unsaturated/α-hetero) is 1. The third-order valence-electron chi connectivity index (χ3n) is 5.54. The Bertz CT molecular complexity index is 1260. The number of carbonyl (C=O) groups excluding carboxylic acids is 2. The van der Waals surface area contributed by atoms with Gasteiger partial charge in [-0.1, -0.05) is 17.7 Å². The Morgan fingerprint density at radius 2 is 1.58 bits per heavy atom. The van der Waals surface area contributed by atoms with E-state index in [0.717, 1.165) is 5.56 Å². The number of aliphatic hydroxyl groups excluding tert-OH is 1. The minimum Gasteiger partial charge on any atom is -0.507 e. The van der Waals surface area contributed by atoms with Crippen LogP contribution in [0.15, 0.2) is 78.4 Å². The number of carbonyl (C=O) groups is 2. The van der Waals surface area contributed by atoms with Gasteiger partial charge in [-0.05, 0) is 61.0 Å². The number of rotatable bonds is 5. The van der Waals surface area contributed by atoms with Gasteiger partial charge in [0.2, 0.25) is 0 Å². The van der Waals surface area contributed by atoms with E-state index in [-0.39, 0.29) is 17.0 Å². The van der Waals surface area contributed by atoms with Crippen LogP contribution in [0.25, 0.3) is 5.76 Å². The second-order valence-corrected chi connectivity index (χ2v) is 7.58. The van der Waals surface area contributed by atoms with Crippen LogP contribution in [0, 0.1) is 17.0 Å². The maximum atomic E-state index is 13.1. The molecular weight excluding hydrogens is 424 g/mol. The highest BCUT2D eigenvalue weighted by Crippen LogP contribution is 2.42. The van der Waals surface area contributed by atoms with Crippen LogP contribution in [0.4, 0.5) is 11.4 Å². The highest BCUT2D eigenvalue weighted by Gasteiger charge is 2.47. The fraction of sp³-hybridized carbons (Fsp3) is 0.120. The van der Waals surface area contributed by atoms with Crippen LogP contribution < -0.4 is 9.64 Å². The summed E-state index contributed by atoms with van der Waals surface area (Å²) in [6.45, 7) is 1.90. The molecule has 0 bridgehead atoms. The summed E-state index contributed by atoms with van der Waals surface area (Å²) in [4.78, 5) is 38.1. The molecule has 166 valence electrons. The SMILES string of the molecule is COc1ccc(/C(O)=C2\C(=O)C(=O)N(c3ccc(C)cc3)[C@H]2c2ccc([N+](=O)[O-])cc2)cc1. The largest absolute Gasteiger partial charge is 0.507 e. The summed E-state index contributed by atoms with van der Waals surface area (Å²) in [7, 11) is 1.51. The van der Waals surface area contributed by atoms with Crippen molar-refractivity contribution < 1.29 is 24.4 Å². The van der Waals surface area contributed by atoms with Crippen molar-refractivity contribution >= 4 is 28.8 Å². The lowest BCUT2D eigenvalue weighted by atomic mass is 9.95. The summed E-state index contributed by atoms with van der Waals surface area (Å²) in [5.74, 6) is -1.41. The summed E-state index contributed by atoms with van der Waals surface area (Å²) in [5.41, 5.74) is 2.01. The van der Waals surface area contributed by atoms with Gasteiger partial charge in [0.15, 0.2) is 0 Å². The number of benzene rings is 3. The normalized spacial score (nSPS) is 17.3. The predicted molar refractivity (Wildman–Crippen MR) is 122 cm³/mol. The first-order valence-electron chi connectivity index (χ1n) is 10.1. The molecule has 1 fully saturated rings. The molecule has 1 aliphatic heterocycles. The Hall–Kier alpha value is -4.46. The number of nitro groups is 1. The van der Waals surface area contributed by atoms with E-state index in [9.17, 15) is 24.8 Å². The van der Waals surface area contributed by atoms with E-state index in [2.05, 4.69) is 0 Å². The van der Waals surface area contributed by atoms with Gasteiger partial charge in [0.1, 0.15) is 11.5 Å².